The molecule has 0 fully saturated rings. The lowest BCUT2D eigenvalue weighted by molar-refractivity contribution is 0.0636. The van der Waals surface area contributed by atoms with Crippen molar-refractivity contribution in [3.8, 4) is 0 Å². The van der Waals surface area contributed by atoms with Gasteiger partial charge in [-0.2, -0.15) is 0 Å². The van der Waals surface area contributed by atoms with E-state index in [9.17, 15) is 18.9 Å². The van der Waals surface area contributed by atoms with E-state index >= 15 is 0 Å². The molecule has 0 aliphatic carbocycles. The van der Waals surface area contributed by atoms with E-state index in [4.69, 9.17) is 4.74 Å². The molecule has 0 aromatic carbocycles. The van der Waals surface area contributed by atoms with Gasteiger partial charge in [0.15, 0.2) is 0 Å². The number of nitrogens with one attached hydrogen (secondary N) is 1. The number of aromatic carboxylic acids is 1. The summed E-state index contributed by atoms with van der Waals surface area (Å²) in [7, 11) is -1.19. The van der Waals surface area contributed by atoms with Crippen LogP contribution in [0.1, 0.15) is 43.1 Å². The molecule has 1 aliphatic rings. The van der Waals surface area contributed by atoms with E-state index < -0.39 is 28.5 Å². The Bertz CT molecular complexity index is 615. The van der Waals surface area contributed by atoms with Crippen molar-refractivity contribution in [3.63, 3.8) is 0 Å². The van der Waals surface area contributed by atoms with Crippen molar-refractivity contribution in [2.75, 3.05) is 11.1 Å². The summed E-state index contributed by atoms with van der Waals surface area (Å²) in [6.45, 7) is 5.16. The second-order valence-corrected chi connectivity index (χ2v) is 8.44. The van der Waals surface area contributed by atoms with Crippen molar-refractivity contribution in [3.05, 3.63) is 11.1 Å². The predicted octanol–water partition coefficient (Wildman–Crippen LogP) is 2.85. The fourth-order valence-corrected chi connectivity index (χ4v) is 4.94. The van der Waals surface area contributed by atoms with Crippen molar-refractivity contribution < 1.29 is 23.6 Å². The number of carboxylic acids is 1. The third-order valence-corrected chi connectivity index (χ3v) is 5.83. The minimum atomic E-state index is -1.19. The number of ether oxygens (including phenoxy) is 1. The van der Waals surface area contributed by atoms with Crippen LogP contribution in [0.4, 0.5) is 9.80 Å². The molecule has 0 saturated heterocycles. The molecular weight excluding hydrogens is 314 g/mol. The highest BCUT2D eigenvalue weighted by Gasteiger charge is 2.30. The van der Waals surface area contributed by atoms with Gasteiger partial charge in [0.25, 0.3) is 0 Å². The Morgan fingerprint density at radius 2 is 2.05 bits per heavy atom. The van der Waals surface area contributed by atoms with Gasteiger partial charge in [-0.1, -0.05) is 0 Å². The van der Waals surface area contributed by atoms with Gasteiger partial charge in [-0.25, -0.2) is 9.59 Å². The number of hydrogen-bond donors (Lipinski definition) is 2. The maximum absolute atomic E-state index is 12.0. The van der Waals surface area contributed by atoms with Gasteiger partial charge in [0, 0.05) is 5.75 Å². The van der Waals surface area contributed by atoms with Crippen LogP contribution in [0.15, 0.2) is 4.21 Å². The summed E-state index contributed by atoms with van der Waals surface area (Å²) in [4.78, 5) is 23.2. The maximum Gasteiger partial charge on any atom is 0.412 e. The minimum Gasteiger partial charge on any atom is -0.478 e. The van der Waals surface area contributed by atoms with Crippen LogP contribution < -0.4 is 5.32 Å². The largest absolute Gasteiger partial charge is 0.478 e. The summed E-state index contributed by atoms with van der Waals surface area (Å²) in [5.74, 6) is -0.601. The second kappa shape index (κ2) is 5.76. The molecular formula is C13H17NO5S2. The average molecular weight is 331 g/mol. The van der Waals surface area contributed by atoms with Crippen LogP contribution in [-0.2, 0) is 22.0 Å². The predicted molar refractivity (Wildman–Crippen MR) is 80.7 cm³/mol. The first-order chi connectivity index (χ1) is 9.69. The lowest BCUT2D eigenvalue weighted by Gasteiger charge is -2.19. The first-order valence-electron chi connectivity index (χ1n) is 6.46. The molecule has 2 rings (SSSR count). The number of carboxylic acid groups (broad SMARTS) is 1. The lowest BCUT2D eigenvalue weighted by atomic mass is 10.1. The molecule has 1 unspecified atom stereocenters. The van der Waals surface area contributed by atoms with Crippen LogP contribution in [-0.4, -0.2) is 32.7 Å². The third kappa shape index (κ3) is 3.62. The molecule has 6 nitrogen and oxygen atoms in total. The van der Waals surface area contributed by atoms with Crippen LogP contribution in [0, 0.1) is 0 Å². The van der Waals surface area contributed by atoms with Gasteiger partial charge in [-0.05, 0) is 39.2 Å². The Morgan fingerprint density at radius 1 is 1.38 bits per heavy atom. The summed E-state index contributed by atoms with van der Waals surface area (Å²) in [6, 6.07) is 0. The van der Waals surface area contributed by atoms with E-state index in [1.54, 1.807) is 20.8 Å². The van der Waals surface area contributed by atoms with E-state index in [1.165, 1.54) is 0 Å². The van der Waals surface area contributed by atoms with Crippen molar-refractivity contribution in [1.29, 1.82) is 0 Å². The number of rotatable bonds is 2. The van der Waals surface area contributed by atoms with Crippen LogP contribution in [0.5, 0.6) is 0 Å². The monoisotopic (exact) mass is 331 g/mol. The number of anilines is 1. The molecule has 116 valence electrons. The Hall–Kier alpha value is -1.41. The number of fused-ring (bicyclic) bond motifs is 1. The average Bonchev–Trinajstić information content (AvgIpc) is 2.65. The van der Waals surface area contributed by atoms with Crippen molar-refractivity contribution in [2.45, 2.75) is 43.4 Å². The highest BCUT2D eigenvalue weighted by Crippen LogP contribution is 2.39. The number of amides is 1. The van der Waals surface area contributed by atoms with Gasteiger partial charge in [-0.3, -0.25) is 9.53 Å². The normalized spacial score (nSPS) is 18.0. The first-order valence-corrected chi connectivity index (χ1v) is 8.60. The molecule has 1 aliphatic heterocycles. The second-order valence-electron chi connectivity index (χ2n) is 5.66. The fourth-order valence-electron chi connectivity index (χ4n) is 2.04. The Morgan fingerprint density at radius 3 is 2.62 bits per heavy atom. The summed E-state index contributed by atoms with van der Waals surface area (Å²) in [5.41, 5.74) is -0.0651. The van der Waals surface area contributed by atoms with Crippen LogP contribution in [0.3, 0.4) is 0 Å². The van der Waals surface area contributed by atoms with Gasteiger partial charge in [0.1, 0.15) is 10.6 Å². The van der Waals surface area contributed by atoms with Crippen LogP contribution in [0.2, 0.25) is 0 Å². The minimum absolute atomic E-state index is 0.0360. The molecule has 0 radical (unpaired) electrons. The Kier molecular flexibility index (Phi) is 4.38. The van der Waals surface area contributed by atoms with E-state index in [0.29, 0.717) is 28.4 Å². The van der Waals surface area contributed by atoms with E-state index in [-0.39, 0.29) is 10.6 Å². The molecule has 1 aromatic rings. The van der Waals surface area contributed by atoms with Gasteiger partial charge in [0.05, 0.1) is 20.6 Å². The van der Waals surface area contributed by atoms with E-state index in [0.717, 1.165) is 11.3 Å². The molecule has 0 bridgehead atoms. The highest BCUT2D eigenvalue weighted by molar-refractivity contribution is 7.87. The topological polar surface area (TPSA) is 92.7 Å². The smallest absolute Gasteiger partial charge is 0.412 e. The Balaban J connectivity index is 2.33. The van der Waals surface area contributed by atoms with Gasteiger partial charge >= 0.3 is 12.1 Å². The molecule has 8 heteroatoms. The van der Waals surface area contributed by atoms with Crippen molar-refractivity contribution in [1.82, 2.24) is 0 Å². The SMILES string of the molecule is CC(C)(C)OC(=O)Nc1sc2c(c1C(=O)O)CCCS2=O. The number of thiophene rings is 1. The van der Waals surface area contributed by atoms with Crippen LogP contribution >= 0.6 is 11.3 Å². The third-order valence-electron chi connectivity index (χ3n) is 2.76. The number of carbonyl (C=O) groups excluding carboxylic acids is 1. The summed E-state index contributed by atoms with van der Waals surface area (Å²) in [6.07, 6.45) is 0.534. The zero-order chi connectivity index (χ0) is 15.8. The highest BCUT2D eigenvalue weighted by atomic mass is 32.2. The first kappa shape index (κ1) is 16.0. The molecule has 1 aromatic heterocycles. The standard InChI is InChI=1S/C13H17NO5S2/c1-13(2,3)19-12(17)14-9-8(10(15)16)7-5-4-6-21(18)11(7)20-9/h4-6H2,1-3H3,(H,14,17)(H,15,16). The fraction of sp³-hybridized carbons (Fsp3) is 0.538. The molecule has 1 atom stereocenters. The Labute approximate surface area is 129 Å². The molecule has 2 heterocycles. The molecule has 1 amide bonds. The summed E-state index contributed by atoms with van der Waals surface area (Å²) >= 11 is 1.06. The molecule has 2 N–H and O–H groups in total. The summed E-state index contributed by atoms with van der Waals surface area (Å²) in [5, 5.41) is 12.0. The van der Waals surface area contributed by atoms with E-state index in [2.05, 4.69) is 5.32 Å². The molecule has 0 spiro atoms. The van der Waals surface area contributed by atoms with Gasteiger partial charge in [-0.15, -0.1) is 11.3 Å². The van der Waals surface area contributed by atoms with E-state index in [1.807, 2.05) is 0 Å². The number of hydrogen-bond acceptors (Lipinski definition) is 5. The lowest BCUT2D eigenvalue weighted by Crippen LogP contribution is -2.27. The van der Waals surface area contributed by atoms with Crippen molar-refractivity contribution >= 4 is 39.2 Å². The number of carbonyl (C=O) groups is 2. The molecule has 21 heavy (non-hydrogen) atoms. The van der Waals surface area contributed by atoms with Crippen molar-refractivity contribution in [2.24, 2.45) is 0 Å². The maximum atomic E-state index is 12.0. The zero-order valence-corrected chi connectivity index (χ0v) is 13.7. The van der Waals surface area contributed by atoms with Gasteiger partial charge < -0.3 is 9.84 Å². The molecule has 0 saturated carbocycles. The van der Waals surface area contributed by atoms with Gasteiger partial charge in [0.2, 0.25) is 0 Å². The summed E-state index contributed by atoms with van der Waals surface area (Å²) < 4.78 is 17.6. The quantitative estimate of drug-likeness (QED) is 0.869. The zero-order valence-electron chi connectivity index (χ0n) is 12.0. The van der Waals surface area contributed by atoms with Crippen LogP contribution in [0.25, 0.3) is 0 Å².